The summed E-state index contributed by atoms with van der Waals surface area (Å²) >= 11 is 0. The van der Waals surface area contributed by atoms with Crippen LogP contribution in [-0.2, 0) is 14.3 Å². The second-order valence-corrected chi connectivity index (χ2v) is 22.3. The van der Waals surface area contributed by atoms with Crippen LogP contribution in [0.1, 0.15) is 341 Å². The van der Waals surface area contributed by atoms with Gasteiger partial charge in [0.25, 0.3) is 0 Å². The van der Waals surface area contributed by atoms with Gasteiger partial charge < -0.3 is 25.4 Å². The van der Waals surface area contributed by atoms with Crippen molar-refractivity contribution >= 4 is 11.9 Å². The summed E-state index contributed by atoms with van der Waals surface area (Å²) in [5.74, 6) is -0.128. The van der Waals surface area contributed by atoms with E-state index in [2.05, 4.69) is 43.5 Å². The van der Waals surface area contributed by atoms with Crippen molar-refractivity contribution in [1.29, 1.82) is 0 Å². The molecule has 7 nitrogen and oxygen atoms in total. The quantitative estimate of drug-likeness (QED) is 0.0274. The van der Waals surface area contributed by atoms with E-state index in [9.17, 15) is 24.9 Å². The number of hydrogen-bond donors (Lipinski definition) is 4. The fourth-order valence-electron chi connectivity index (χ4n) is 9.98. The second kappa shape index (κ2) is 60.9. The molecule has 0 heterocycles. The second-order valence-electron chi connectivity index (χ2n) is 22.3. The van der Waals surface area contributed by atoms with Gasteiger partial charge in [-0.1, -0.05) is 307 Å². The highest BCUT2D eigenvalue weighted by molar-refractivity contribution is 5.76. The van der Waals surface area contributed by atoms with E-state index in [1.54, 1.807) is 6.08 Å². The van der Waals surface area contributed by atoms with Gasteiger partial charge in [-0.25, -0.2) is 0 Å². The number of carbonyl (C=O) groups excluding carboxylic acids is 2. The third-order valence-electron chi connectivity index (χ3n) is 15.0. The molecule has 73 heavy (non-hydrogen) atoms. The Labute approximate surface area is 454 Å². The zero-order valence-electron chi connectivity index (χ0n) is 48.7. The molecule has 0 saturated carbocycles. The number of aliphatic hydroxyl groups is 3. The standard InChI is InChI=1S/C66H125NO6/c1-3-5-7-9-11-13-15-16-30-34-37-41-45-49-53-57-66(72)73-60-54-50-46-42-38-35-32-29-27-25-23-21-19-17-18-20-22-24-26-28-31-33-36-40-44-48-52-56-65(71)67-63(61-68)64(70)59-58-62(69)55-51-47-43-39-14-12-10-8-6-4-2/h11,13,16,30,58-59,62-64,68-70H,3-10,12,14-15,17-29,31-57,60-61H2,1-2H3,(H,67,71)/b13-11-,30-16-,59-58+. The third-order valence-corrected chi connectivity index (χ3v) is 15.0. The molecular weight excluding hydrogens is 903 g/mol. The van der Waals surface area contributed by atoms with Crippen molar-refractivity contribution in [3.8, 4) is 0 Å². The van der Waals surface area contributed by atoms with Gasteiger partial charge in [0.05, 0.1) is 31.5 Å². The number of amides is 1. The summed E-state index contributed by atoms with van der Waals surface area (Å²) in [6, 6.07) is -0.748. The molecule has 1 amide bonds. The van der Waals surface area contributed by atoms with Gasteiger partial charge in [0.2, 0.25) is 5.91 Å². The predicted molar refractivity (Wildman–Crippen MR) is 316 cm³/mol. The molecule has 0 aromatic heterocycles. The first-order chi connectivity index (χ1) is 35.9. The van der Waals surface area contributed by atoms with Crippen molar-refractivity contribution in [1.82, 2.24) is 5.32 Å². The van der Waals surface area contributed by atoms with E-state index in [1.807, 2.05) is 0 Å². The Morgan fingerprint density at radius 3 is 1.18 bits per heavy atom. The van der Waals surface area contributed by atoms with Crippen LogP contribution in [0.15, 0.2) is 36.5 Å². The summed E-state index contributed by atoms with van der Waals surface area (Å²) in [5, 5.41) is 33.3. The molecule has 0 fully saturated rings. The molecule has 4 N–H and O–H groups in total. The molecule has 430 valence electrons. The van der Waals surface area contributed by atoms with E-state index < -0.39 is 18.2 Å². The summed E-state index contributed by atoms with van der Waals surface area (Å²) in [5.41, 5.74) is 0. The van der Waals surface area contributed by atoms with Gasteiger partial charge in [-0.05, 0) is 57.8 Å². The molecule has 0 aliphatic rings. The first-order valence-electron chi connectivity index (χ1n) is 32.3. The van der Waals surface area contributed by atoms with E-state index >= 15 is 0 Å². The number of esters is 1. The van der Waals surface area contributed by atoms with Crippen LogP contribution >= 0.6 is 0 Å². The smallest absolute Gasteiger partial charge is 0.305 e. The van der Waals surface area contributed by atoms with Gasteiger partial charge in [-0.3, -0.25) is 9.59 Å². The van der Waals surface area contributed by atoms with E-state index in [-0.39, 0.29) is 18.5 Å². The number of aliphatic hydroxyl groups excluding tert-OH is 3. The summed E-state index contributed by atoms with van der Waals surface area (Å²) in [6.07, 6.45) is 73.6. The highest BCUT2D eigenvalue weighted by atomic mass is 16.5. The van der Waals surface area contributed by atoms with Crippen molar-refractivity contribution in [3.05, 3.63) is 36.5 Å². The van der Waals surface area contributed by atoms with Gasteiger partial charge >= 0.3 is 5.97 Å². The zero-order valence-corrected chi connectivity index (χ0v) is 48.7. The Morgan fingerprint density at radius 2 is 0.753 bits per heavy atom. The minimum absolute atomic E-state index is 0.000923. The minimum Gasteiger partial charge on any atom is -0.466 e. The molecule has 0 aliphatic carbocycles. The predicted octanol–water partition coefficient (Wildman–Crippen LogP) is 19.3. The topological polar surface area (TPSA) is 116 Å². The molecule has 0 aromatic carbocycles. The van der Waals surface area contributed by atoms with Crippen LogP contribution in [0.4, 0.5) is 0 Å². The first kappa shape index (κ1) is 71.0. The lowest BCUT2D eigenvalue weighted by Crippen LogP contribution is -2.45. The highest BCUT2D eigenvalue weighted by Crippen LogP contribution is 2.18. The van der Waals surface area contributed by atoms with Gasteiger partial charge in [-0.2, -0.15) is 0 Å². The summed E-state index contributed by atoms with van der Waals surface area (Å²) < 4.78 is 5.48. The molecule has 0 aliphatic heterocycles. The number of ether oxygens (including phenoxy) is 1. The number of rotatable bonds is 60. The van der Waals surface area contributed by atoms with Crippen molar-refractivity contribution in [2.45, 2.75) is 360 Å². The molecule has 0 rings (SSSR count). The van der Waals surface area contributed by atoms with Crippen molar-refractivity contribution in [2.75, 3.05) is 13.2 Å². The summed E-state index contributed by atoms with van der Waals surface area (Å²) in [6.45, 7) is 4.77. The lowest BCUT2D eigenvalue weighted by atomic mass is 10.0. The molecule has 0 saturated heterocycles. The maximum Gasteiger partial charge on any atom is 0.305 e. The number of carbonyl (C=O) groups is 2. The van der Waals surface area contributed by atoms with Gasteiger partial charge in [0.15, 0.2) is 0 Å². The van der Waals surface area contributed by atoms with E-state index in [0.717, 1.165) is 57.8 Å². The average molecular weight is 1030 g/mol. The molecule has 0 bridgehead atoms. The van der Waals surface area contributed by atoms with Gasteiger partial charge in [-0.15, -0.1) is 0 Å². The van der Waals surface area contributed by atoms with Crippen LogP contribution in [0.5, 0.6) is 0 Å². The molecule has 0 aromatic rings. The van der Waals surface area contributed by atoms with Crippen molar-refractivity contribution in [3.63, 3.8) is 0 Å². The van der Waals surface area contributed by atoms with E-state index in [4.69, 9.17) is 4.74 Å². The van der Waals surface area contributed by atoms with Crippen molar-refractivity contribution < 1.29 is 29.6 Å². The van der Waals surface area contributed by atoms with Crippen LogP contribution in [0.3, 0.4) is 0 Å². The molecule has 0 radical (unpaired) electrons. The SMILES string of the molecule is CCCCC/C=C\C/C=C\CCCCCCCC(=O)OCCCCCCCCCCCCCCCCCCCCCCCCCCCCCC(=O)NC(CO)C(O)/C=C/C(O)CCCCCCCCCCCC. The molecular formula is C66H125NO6. The Kier molecular flexibility index (Phi) is 59.3. The summed E-state index contributed by atoms with van der Waals surface area (Å²) in [7, 11) is 0. The average Bonchev–Trinajstić information content (AvgIpc) is 3.39. The fraction of sp³-hybridized carbons (Fsp3) is 0.879. The zero-order chi connectivity index (χ0) is 53.0. The number of allylic oxidation sites excluding steroid dienone is 4. The number of unbranched alkanes of at least 4 members (excludes halogenated alkanes) is 43. The molecule has 3 unspecified atom stereocenters. The van der Waals surface area contributed by atoms with E-state index in [0.29, 0.717) is 25.9 Å². The minimum atomic E-state index is -1.02. The number of hydrogen-bond acceptors (Lipinski definition) is 6. The Hall–Kier alpha value is -1.96. The van der Waals surface area contributed by atoms with Crippen LogP contribution in [0, 0.1) is 0 Å². The van der Waals surface area contributed by atoms with Crippen LogP contribution in [0.2, 0.25) is 0 Å². The maximum atomic E-state index is 12.5. The third kappa shape index (κ3) is 57.6. The van der Waals surface area contributed by atoms with E-state index in [1.165, 1.54) is 256 Å². The monoisotopic (exact) mass is 1030 g/mol. The lowest BCUT2D eigenvalue weighted by Gasteiger charge is -2.20. The molecule has 0 spiro atoms. The Bertz CT molecular complexity index is 1200. The molecule has 3 atom stereocenters. The lowest BCUT2D eigenvalue weighted by molar-refractivity contribution is -0.143. The molecule has 7 heteroatoms. The van der Waals surface area contributed by atoms with Crippen LogP contribution in [0.25, 0.3) is 0 Å². The Morgan fingerprint density at radius 1 is 0.411 bits per heavy atom. The van der Waals surface area contributed by atoms with Crippen LogP contribution in [-0.4, -0.2) is 58.7 Å². The first-order valence-corrected chi connectivity index (χ1v) is 32.3. The van der Waals surface area contributed by atoms with Crippen LogP contribution < -0.4 is 5.32 Å². The van der Waals surface area contributed by atoms with Crippen molar-refractivity contribution in [2.24, 2.45) is 0 Å². The summed E-state index contributed by atoms with van der Waals surface area (Å²) in [4.78, 5) is 24.5. The normalized spacial score (nSPS) is 13.2. The maximum absolute atomic E-state index is 12.5. The fourth-order valence-corrected chi connectivity index (χ4v) is 9.98. The highest BCUT2D eigenvalue weighted by Gasteiger charge is 2.18. The Balaban J connectivity index is 3.40. The van der Waals surface area contributed by atoms with Gasteiger partial charge in [0, 0.05) is 12.8 Å². The number of nitrogens with one attached hydrogen (secondary N) is 1. The van der Waals surface area contributed by atoms with Gasteiger partial charge in [0.1, 0.15) is 0 Å². The largest absolute Gasteiger partial charge is 0.466 e.